The molecule has 5 aromatic carbocycles. The van der Waals surface area contributed by atoms with E-state index >= 15 is 0 Å². The van der Waals surface area contributed by atoms with Gasteiger partial charge < -0.3 is 20.8 Å². The van der Waals surface area contributed by atoms with Gasteiger partial charge >= 0.3 is 11.9 Å². The Morgan fingerprint density at radius 3 is 1.76 bits per heavy atom. The van der Waals surface area contributed by atoms with Crippen LogP contribution in [0.3, 0.4) is 0 Å². The highest BCUT2D eigenvalue weighted by Crippen LogP contribution is 2.45. The molecule has 0 atom stereocenters. The lowest BCUT2D eigenvalue weighted by molar-refractivity contribution is 0.0651. The number of carbonyl (C=O) groups excluding carboxylic acids is 2. The van der Waals surface area contributed by atoms with Crippen molar-refractivity contribution in [3.05, 3.63) is 70.8 Å². The molecule has 0 spiro atoms. The minimum atomic E-state index is -1.58. The van der Waals surface area contributed by atoms with E-state index in [1.54, 1.807) is 18.2 Å². The van der Waals surface area contributed by atoms with Gasteiger partial charge in [-0.3, -0.25) is 9.59 Å². The van der Waals surface area contributed by atoms with E-state index in [0.29, 0.717) is 16.2 Å². The molecule has 5 rings (SSSR count). The number of amides is 2. The van der Waals surface area contributed by atoms with Gasteiger partial charge in [0.05, 0.1) is 16.7 Å². The van der Waals surface area contributed by atoms with Crippen molar-refractivity contribution in [3.8, 4) is 0 Å². The van der Waals surface area contributed by atoms with Crippen molar-refractivity contribution in [2.24, 2.45) is 0 Å². The topological polar surface area (TPSA) is 133 Å². The smallest absolute Gasteiger partial charge is 0.337 e. The van der Waals surface area contributed by atoms with Gasteiger partial charge in [-0.1, -0.05) is 42.5 Å². The van der Waals surface area contributed by atoms with Crippen LogP contribution in [-0.4, -0.2) is 48.1 Å². The summed E-state index contributed by atoms with van der Waals surface area (Å²) in [6.07, 6.45) is 0. The zero-order valence-electron chi connectivity index (χ0n) is 18.1. The van der Waals surface area contributed by atoms with Crippen molar-refractivity contribution < 1.29 is 29.4 Å². The third kappa shape index (κ3) is 2.65. The highest BCUT2D eigenvalue weighted by atomic mass is 16.4. The van der Waals surface area contributed by atoms with E-state index < -0.39 is 34.9 Å². The molecule has 5 aromatic rings. The number of carboxylic acid groups (broad SMARTS) is 2. The predicted molar refractivity (Wildman–Crippen MR) is 128 cm³/mol. The Labute approximate surface area is 192 Å². The van der Waals surface area contributed by atoms with Crippen molar-refractivity contribution in [2.75, 3.05) is 14.1 Å². The minimum absolute atomic E-state index is 0.0760. The Morgan fingerprint density at radius 2 is 1.18 bits per heavy atom. The maximum atomic E-state index is 13.1. The number of aromatic carboxylic acids is 2. The second kappa shape index (κ2) is 7.41. The van der Waals surface area contributed by atoms with E-state index in [1.165, 1.54) is 20.2 Å². The second-order valence-electron chi connectivity index (χ2n) is 7.89. The van der Waals surface area contributed by atoms with Gasteiger partial charge in [-0.05, 0) is 38.4 Å². The van der Waals surface area contributed by atoms with Gasteiger partial charge in [0, 0.05) is 30.4 Å². The maximum Gasteiger partial charge on any atom is 0.337 e. The highest BCUT2D eigenvalue weighted by Gasteiger charge is 2.33. The lowest BCUT2D eigenvalue weighted by atomic mass is 9.81. The summed E-state index contributed by atoms with van der Waals surface area (Å²) in [4.78, 5) is 51.0. The molecule has 0 aliphatic carbocycles. The first kappa shape index (κ1) is 21.1. The largest absolute Gasteiger partial charge is 0.478 e. The third-order valence-electron chi connectivity index (χ3n) is 6.27. The van der Waals surface area contributed by atoms with Crippen molar-refractivity contribution >= 4 is 66.8 Å². The third-order valence-corrected chi connectivity index (χ3v) is 6.27. The van der Waals surface area contributed by atoms with Gasteiger partial charge in [0.1, 0.15) is 0 Å². The van der Waals surface area contributed by atoms with Gasteiger partial charge in [-0.2, -0.15) is 0 Å². The number of carboxylic acids is 2. The minimum Gasteiger partial charge on any atom is -0.478 e. The molecule has 8 heteroatoms. The van der Waals surface area contributed by atoms with Gasteiger partial charge in [0.25, 0.3) is 11.8 Å². The molecule has 0 saturated carbocycles. The second-order valence-corrected chi connectivity index (χ2v) is 7.89. The van der Waals surface area contributed by atoms with Crippen LogP contribution in [0, 0.1) is 0 Å². The van der Waals surface area contributed by atoms with Crippen molar-refractivity contribution in [1.82, 2.24) is 10.6 Å². The summed E-state index contributed by atoms with van der Waals surface area (Å²) in [6, 6.07) is 14.3. The number of nitrogens with one attached hydrogen (secondary N) is 2. The molecule has 4 N–H and O–H groups in total. The van der Waals surface area contributed by atoms with Crippen LogP contribution < -0.4 is 10.6 Å². The summed E-state index contributed by atoms with van der Waals surface area (Å²) in [7, 11) is 2.74. The molecule has 0 radical (unpaired) electrons. The number of rotatable bonds is 4. The summed E-state index contributed by atoms with van der Waals surface area (Å²) in [6.45, 7) is 0. The monoisotopic (exact) mass is 454 g/mol. The standard InChI is InChI=1S/C26H18N2O6/c1-27-23(29)15-10-9-13-12-7-3-5-11-6-4-8-14(16(11)12)18-17(13)19(15)20(24(30)28-2)22(26(33)34)21(18)25(31)32/h3-10H,1-2H3,(H,27,29)(H,28,30)(H,31,32)(H,33,34). The van der Waals surface area contributed by atoms with E-state index in [1.807, 2.05) is 24.3 Å². The Hall–Kier alpha value is -4.72. The number of hydrogen-bond donors (Lipinski definition) is 4. The van der Waals surface area contributed by atoms with Crippen molar-refractivity contribution in [2.45, 2.75) is 0 Å². The average molecular weight is 454 g/mol. The Bertz CT molecular complexity index is 1710. The fourth-order valence-corrected chi connectivity index (χ4v) is 4.99. The number of carbonyl (C=O) groups is 4. The quantitative estimate of drug-likeness (QED) is 0.241. The van der Waals surface area contributed by atoms with Crippen LogP contribution in [0.5, 0.6) is 0 Å². The molecule has 0 bridgehead atoms. The lowest BCUT2D eigenvalue weighted by Crippen LogP contribution is -2.26. The Kier molecular flexibility index (Phi) is 4.61. The molecule has 8 nitrogen and oxygen atoms in total. The molecule has 168 valence electrons. The highest BCUT2D eigenvalue weighted by molar-refractivity contribution is 6.40. The van der Waals surface area contributed by atoms with E-state index in [2.05, 4.69) is 10.6 Å². The average Bonchev–Trinajstić information content (AvgIpc) is 2.84. The molecule has 0 heterocycles. The fraction of sp³-hybridized carbons (Fsp3) is 0.0769. The van der Waals surface area contributed by atoms with Gasteiger partial charge in [-0.15, -0.1) is 0 Å². The van der Waals surface area contributed by atoms with Crippen LogP contribution in [0.15, 0.2) is 48.5 Å². The molecule has 0 fully saturated rings. The number of benzene rings is 5. The van der Waals surface area contributed by atoms with Gasteiger partial charge in [-0.25, -0.2) is 9.59 Å². The van der Waals surface area contributed by atoms with Crippen LogP contribution >= 0.6 is 0 Å². The molecular weight excluding hydrogens is 436 g/mol. The summed E-state index contributed by atoms with van der Waals surface area (Å²) in [5, 5.41) is 29.5. The SMILES string of the molecule is CNC(=O)c1ccc2c3cccc4cccc(c5c(C(=O)O)c(C(=O)O)c(C(=O)NC)c1c25)c43. The summed E-state index contributed by atoms with van der Waals surface area (Å²) < 4.78 is 0. The Morgan fingerprint density at radius 1 is 0.588 bits per heavy atom. The maximum absolute atomic E-state index is 13.1. The molecule has 34 heavy (non-hydrogen) atoms. The zero-order valence-corrected chi connectivity index (χ0v) is 18.1. The fourth-order valence-electron chi connectivity index (χ4n) is 4.99. The summed E-state index contributed by atoms with van der Waals surface area (Å²) >= 11 is 0. The van der Waals surface area contributed by atoms with Gasteiger partial charge in [0.2, 0.25) is 0 Å². The zero-order chi connectivity index (χ0) is 24.3. The van der Waals surface area contributed by atoms with Crippen LogP contribution in [0.4, 0.5) is 0 Å². The summed E-state index contributed by atoms with van der Waals surface area (Å²) in [5.74, 6) is -4.38. The van der Waals surface area contributed by atoms with Crippen LogP contribution in [-0.2, 0) is 0 Å². The summed E-state index contributed by atoms with van der Waals surface area (Å²) in [5.41, 5.74) is -1.44. The number of fused-ring (bicyclic) bond motifs is 2. The first-order valence-electron chi connectivity index (χ1n) is 10.4. The van der Waals surface area contributed by atoms with E-state index in [9.17, 15) is 29.4 Å². The van der Waals surface area contributed by atoms with Crippen LogP contribution in [0.2, 0.25) is 0 Å². The first-order valence-corrected chi connectivity index (χ1v) is 10.4. The van der Waals surface area contributed by atoms with E-state index in [4.69, 9.17) is 0 Å². The van der Waals surface area contributed by atoms with Crippen molar-refractivity contribution in [3.63, 3.8) is 0 Å². The first-order chi connectivity index (χ1) is 16.3. The van der Waals surface area contributed by atoms with Crippen LogP contribution in [0.1, 0.15) is 41.4 Å². The van der Waals surface area contributed by atoms with Crippen molar-refractivity contribution in [1.29, 1.82) is 0 Å². The molecule has 0 unspecified atom stereocenters. The lowest BCUT2D eigenvalue weighted by Gasteiger charge is -2.21. The van der Waals surface area contributed by atoms with E-state index in [0.717, 1.165) is 16.2 Å². The van der Waals surface area contributed by atoms with Crippen LogP contribution in [0.25, 0.3) is 43.1 Å². The van der Waals surface area contributed by atoms with E-state index in [-0.39, 0.29) is 21.9 Å². The molecule has 0 saturated heterocycles. The number of hydrogen-bond acceptors (Lipinski definition) is 4. The molecule has 2 amide bonds. The van der Waals surface area contributed by atoms with Gasteiger partial charge in [0.15, 0.2) is 0 Å². The normalized spacial score (nSPS) is 11.4. The molecule has 0 aliphatic rings. The Balaban J connectivity index is 2.29. The predicted octanol–water partition coefficient (Wildman–Crippen LogP) is 3.85. The molecule has 0 aromatic heterocycles. The molecular formula is C26H18N2O6. The molecule has 0 aliphatic heterocycles.